The van der Waals surface area contributed by atoms with Crippen molar-refractivity contribution in [3.8, 4) is 0 Å². The van der Waals surface area contributed by atoms with Gasteiger partial charge in [-0.3, -0.25) is 4.79 Å². The number of β-amino-alcohol motifs (C(OH)–C–C–N with tert-alkyl or cyclic N) is 1. The summed E-state index contributed by atoms with van der Waals surface area (Å²) in [6.07, 6.45) is 1.97. The number of aliphatic hydroxyl groups is 1. The summed E-state index contributed by atoms with van der Waals surface area (Å²) < 4.78 is 0. The van der Waals surface area contributed by atoms with Crippen LogP contribution in [-0.4, -0.2) is 45.8 Å². The van der Waals surface area contributed by atoms with Crippen molar-refractivity contribution in [3.63, 3.8) is 0 Å². The summed E-state index contributed by atoms with van der Waals surface area (Å²) in [7, 11) is 0. The normalized spacial score (nSPS) is 19.6. The molecule has 1 N–H and O–H groups in total. The maximum absolute atomic E-state index is 12.1. The zero-order valence-electron chi connectivity index (χ0n) is 9.80. The topological polar surface area (TPSA) is 53.4 Å². The van der Waals surface area contributed by atoms with Gasteiger partial charge in [-0.15, -0.1) is 11.8 Å². The SMILES string of the molecule is CCSc1cc(C(=O)N2CC[C@H](O)C2)ccn1. The highest BCUT2D eigenvalue weighted by atomic mass is 32.2. The van der Waals surface area contributed by atoms with Crippen LogP contribution < -0.4 is 0 Å². The summed E-state index contributed by atoms with van der Waals surface area (Å²) in [5, 5.41) is 10.3. The van der Waals surface area contributed by atoms with E-state index in [2.05, 4.69) is 11.9 Å². The van der Waals surface area contributed by atoms with E-state index in [9.17, 15) is 9.90 Å². The molecule has 0 unspecified atom stereocenters. The van der Waals surface area contributed by atoms with Crippen molar-refractivity contribution in [1.29, 1.82) is 0 Å². The van der Waals surface area contributed by atoms with E-state index < -0.39 is 0 Å². The first-order valence-corrected chi connectivity index (χ1v) is 6.75. The highest BCUT2D eigenvalue weighted by molar-refractivity contribution is 7.99. The third-order valence-electron chi connectivity index (χ3n) is 2.72. The number of rotatable bonds is 3. The van der Waals surface area contributed by atoms with Crippen LogP contribution in [0, 0.1) is 0 Å². The minimum atomic E-state index is -0.370. The van der Waals surface area contributed by atoms with Crippen molar-refractivity contribution >= 4 is 17.7 Å². The molecule has 1 fully saturated rings. The molecule has 0 aliphatic carbocycles. The predicted molar refractivity (Wildman–Crippen MR) is 67.2 cm³/mol. The number of hydrogen-bond acceptors (Lipinski definition) is 4. The number of carbonyl (C=O) groups is 1. The zero-order valence-corrected chi connectivity index (χ0v) is 10.6. The van der Waals surface area contributed by atoms with E-state index in [0.717, 1.165) is 10.8 Å². The Morgan fingerprint density at radius 3 is 3.18 bits per heavy atom. The second-order valence-electron chi connectivity index (χ2n) is 4.01. The molecule has 92 valence electrons. The van der Waals surface area contributed by atoms with E-state index in [1.54, 1.807) is 28.9 Å². The first-order chi connectivity index (χ1) is 8.20. The molecule has 2 rings (SSSR count). The van der Waals surface area contributed by atoms with Gasteiger partial charge in [-0.2, -0.15) is 0 Å². The number of thioether (sulfide) groups is 1. The summed E-state index contributed by atoms with van der Waals surface area (Å²) in [5.74, 6) is 0.925. The van der Waals surface area contributed by atoms with E-state index in [4.69, 9.17) is 0 Å². The van der Waals surface area contributed by atoms with E-state index in [1.807, 2.05) is 6.07 Å². The number of aromatic nitrogens is 1. The van der Waals surface area contributed by atoms with Gasteiger partial charge in [0.25, 0.3) is 5.91 Å². The summed E-state index contributed by atoms with van der Waals surface area (Å²) in [6, 6.07) is 3.55. The lowest BCUT2D eigenvalue weighted by molar-refractivity contribution is 0.0764. The monoisotopic (exact) mass is 252 g/mol. The molecule has 17 heavy (non-hydrogen) atoms. The molecule has 0 spiro atoms. The van der Waals surface area contributed by atoms with E-state index in [0.29, 0.717) is 25.1 Å². The van der Waals surface area contributed by atoms with Gasteiger partial charge in [-0.05, 0) is 24.3 Å². The molecule has 1 aromatic heterocycles. The van der Waals surface area contributed by atoms with Crippen molar-refractivity contribution in [2.24, 2.45) is 0 Å². The zero-order chi connectivity index (χ0) is 12.3. The number of pyridine rings is 1. The van der Waals surface area contributed by atoms with Gasteiger partial charge in [0, 0.05) is 24.8 Å². The molecule has 0 aromatic carbocycles. The first kappa shape index (κ1) is 12.4. The summed E-state index contributed by atoms with van der Waals surface area (Å²) in [6.45, 7) is 3.13. The van der Waals surface area contributed by atoms with Gasteiger partial charge < -0.3 is 10.0 Å². The minimum absolute atomic E-state index is 0.0121. The fourth-order valence-corrected chi connectivity index (χ4v) is 2.52. The molecule has 0 bridgehead atoms. The molecule has 1 amide bonds. The smallest absolute Gasteiger partial charge is 0.254 e. The molecule has 0 saturated carbocycles. The second kappa shape index (κ2) is 5.51. The van der Waals surface area contributed by atoms with E-state index in [1.165, 1.54) is 0 Å². The Bertz CT molecular complexity index is 411. The summed E-state index contributed by atoms with van der Waals surface area (Å²) in [5.41, 5.74) is 0.657. The minimum Gasteiger partial charge on any atom is -0.391 e. The Labute approximate surface area is 105 Å². The van der Waals surface area contributed by atoms with Crippen LogP contribution in [0.4, 0.5) is 0 Å². The summed E-state index contributed by atoms with van der Waals surface area (Å²) >= 11 is 1.62. The van der Waals surface area contributed by atoms with Crippen LogP contribution in [0.2, 0.25) is 0 Å². The Hall–Kier alpha value is -1.07. The molecule has 5 heteroatoms. The largest absolute Gasteiger partial charge is 0.391 e. The summed E-state index contributed by atoms with van der Waals surface area (Å²) in [4.78, 5) is 18.0. The molecule has 2 heterocycles. The Morgan fingerprint density at radius 1 is 1.71 bits per heavy atom. The molecule has 1 aromatic rings. The van der Waals surface area contributed by atoms with Crippen LogP contribution in [0.25, 0.3) is 0 Å². The number of amides is 1. The Balaban J connectivity index is 2.10. The lowest BCUT2D eigenvalue weighted by Crippen LogP contribution is -2.29. The van der Waals surface area contributed by atoms with Gasteiger partial charge in [0.2, 0.25) is 0 Å². The third kappa shape index (κ3) is 2.98. The van der Waals surface area contributed by atoms with Gasteiger partial charge in [0.1, 0.15) is 0 Å². The van der Waals surface area contributed by atoms with Crippen LogP contribution in [0.5, 0.6) is 0 Å². The number of hydrogen-bond donors (Lipinski definition) is 1. The first-order valence-electron chi connectivity index (χ1n) is 5.77. The number of likely N-dealkylation sites (tertiary alicyclic amines) is 1. The van der Waals surface area contributed by atoms with Crippen molar-refractivity contribution in [3.05, 3.63) is 23.9 Å². The number of aliphatic hydroxyl groups excluding tert-OH is 1. The lowest BCUT2D eigenvalue weighted by atomic mass is 10.2. The van der Waals surface area contributed by atoms with E-state index >= 15 is 0 Å². The van der Waals surface area contributed by atoms with Crippen LogP contribution in [0.15, 0.2) is 23.4 Å². The number of nitrogens with zero attached hydrogens (tertiary/aromatic N) is 2. The second-order valence-corrected chi connectivity index (χ2v) is 5.29. The van der Waals surface area contributed by atoms with Gasteiger partial charge in [-0.25, -0.2) is 4.98 Å². The van der Waals surface area contributed by atoms with Gasteiger partial charge in [-0.1, -0.05) is 6.92 Å². The molecule has 0 radical (unpaired) electrons. The Kier molecular flexibility index (Phi) is 4.02. The molecular weight excluding hydrogens is 236 g/mol. The van der Waals surface area contributed by atoms with Crippen LogP contribution in [-0.2, 0) is 0 Å². The van der Waals surface area contributed by atoms with Crippen molar-refractivity contribution in [1.82, 2.24) is 9.88 Å². The maximum atomic E-state index is 12.1. The maximum Gasteiger partial charge on any atom is 0.254 e. The van der Waals surface area contributed by atoms with Gasteiger partial charge in [0.05, 0.1) is 11.1 Å². The predicted octanol–water partition coefficient (Wildman–Crippen LogP) is 1.40. The molecular formula is C12H16N2O2S. The van der Waals surface area contributed by atoms with Crippen LogP contribution >= 0.6 is 11.8 Å². The van der Waals surface area contributed by atoms with Crippen molar-refractivity contribution in [2.45, 2.75) is 24.5 Å². The molecule has 1 aliphatic rings. The van der Waals surface area contributed by atoms with E-state index in [-0.39, 0.29) is 12.0 Å². The average molecular weight is 252 g/mol. The Morgan fingerprint density at radius 2 is 2.53 bits per heavy atom. The van der Waals surface area contributed by atoms with Gasteiger partial charge in [0.15, 0.2) is 0 Å². The fourth-order valence-electron chi connectivity index (χ4n) is 1.88. The van der Waals surface area contributed by atoms with Crippen LogP contribution in [0.1, 0.15) is 23.7 Å². The van der Waals surface area contributed by atoms with Crippen LogP contribution in [0.3, 0.4) is 0 Å². The lowest BCUT2D eigenvalue weighted by Gasteiger charge is -2.15. The van der Waals surface area contributed by atoms with Crippen molar-refractivity contribution in [2.75, 3.05) is 18.8 Å². The third-order valence-corrected chi connectivity index (χ3v) is 3.53. The molecule has 1 atom stereocenters. The highest BCUT2D eigenvalue weighted by Gasteiger charge is 2.25. The molecule has 1 saturated heterocycles. The standard InChI is InChI=1S/C12H16N2O2S/c1-2-17-11-7-9(3-5-13-11)12(16)14-6-4-10(15)8-14/h3,5,7,10,15H,2,4,6,8H2,1H3/t10-/m0/s1. The molecule has 4 nitrogen and oxygen atoms in total. The molecule has 1 aliphatic heterocycles. The fraction of sp³-hybridized carbons (Fsp3) is 0.500. The number of carbonyl (C=O) groups excluding carboxylic acids is 1. The van der Waals surface area contributed by atoms with Gasteiger partial charge >= 0.3 is 0 Å². The average Bonchev–Trinajstić information content (AvgIpc) is 2.76. The van der Waals surface area contributed by atoms with Crippen molar-refractivity contribution < 1.29 is 9.90 Å². The quantitative estimate of drug-likeness (QED) is 0.826. The highest BCUT2D eigenvalue weighted by Crippen LogP contribution is 2.18.